The molecule has 1 fully saturated rings. The quantitative estimate of drug-likeness (QED) is 0.179. The smallest absolute Gasteiger partial charge is 0.303 e. The van der Waals surface area contributed by atoms with Crippen molar-refractivity contribution in [3.8, 4) is 5.75 Å². The second-order valence-corrected chi connectivity index (χ2v) is 11.7. The van der Waals surface area contributed by atoms with Gasteiger partial charge >= 0.3 is 5.97 Å². The second kappa shape index (κ2) is 14.2. The lowest BCUT2D eigenvalue weighted by Gasteiger charge is -2.39. The van der Waals surface area contributed by atoms with Gasteiger partial charge in [-0.25, -0.2) is 0 Å². The molecule has 3 aromatic rings. The number of halogens is 1. The van der Waals surface area contributed by atoms with Gasteiger partial charge in [-0.15, -0.1) is 11.8 Å². The lowest BCUT2D eigenvalue weighted by Crippen LogP contribution is -2.41. The first-order valence-corrected chi connectivity index (χ1v) is 14.7. The third-order valence-corrected chi connectivity index (χ3v) is 8.91. The number of aliphatic hydroxyl groups excluding tert-OH is 1. The van der Waals surface area contributed by atoms with Crippen LogP contribution in [0, 0.1) is 11.8 Å². The van der Waals surface area contributed by atoms with E-state index in [9.17, 15) is 15.0 Å². The van der Waals surface area contributed by atoms with Crippen LogP contribution in [0.4, 0.5) is 0 Å². The summed E-state index contributed by atoms with van der Waals surface area (Å²) in [7, 11) is 1.63. The van der Waals surface area contributed by atoms with E-state index in [1.165, 1.54) is 4.90 Å². The number of likely N-dealkylation sites (tertiary alicyclic amines) is 1. The number of hydrogen-bond donors (Lipinski definition) is 2. The molecule has 1 aromatic heterocycles. The Labute approximate surface area is 234 Å². The van der Waals surface area contributed by atoms with Gasteiger partial charge in [0.1, 0.15) is 5.75 Å². The number of methoxy groups -OCH3 is 1. The van der Waals surface area contributed by atoms with E-state index < -0.39 is 12.1 Å². The molecule has 0 saturated carbocycles. The zero-order chi connectivity index (χ0) is 26.9. The lowest BCUT2D eigenvalue weighted by atomic mass is 9.79. The average molecular weight is 557 g/mol. The number of thioether (sulfide) groups is 1. The first-order chi connectivity index (χ1) is 18.4. The number of aliphatic hydroxyl groups is 1. The van der Waals surface area contributed by atoms with Crippen LogP contribution in [0.5, 0.6) is 5.75 Å². The predicted molar refractivity (Wildman–Crippen MR) is 154 cm³/mol. The first-order valence-electron chi connectivity index (χ1n) is 13.4. The van der Waals surface area contributed by atoms with Gasteiger partial charge in [0.2, 0.25) is 0 Å². The molecule has 4 rings (SSSR count). The third-order valence-electron chi connectivity index (χ3n) is 7.56. The number of fused-ring (bicyclic) bond motifs is 1. The van der Waals surface area contributed by atoms with E-state index in [0.29, 0.717) is 24.7 Å². The fourth-order valence-electron chi connectivity index (χ4n) is 5.48. The number of aromatic nitrogens is 1. The molecule has 2 N–H and O–H groups in total. The van der Waals surface area contributed by atoms with Gasteiger partial charge < -0.3 is 19.8 Å². The molecule has 2 unspecified atom stereocenters. The van der Waals surface area contributed by atoms with E-state index in [0.717, 1.165) is 71.9 Å². The van der Waals surface area contributed by atoms with Gasteiger partial charge in [-0.1, -0.05) is 11.6 Å². The predicted octanol–water partition coefficient (Wildman–Crippen LogP) is 6.70. The minimum atomic E-state index is -0.738. The van der Waals surface area contributed by atoms with Gasteiger partial charge in [-0.3, -0.25) is 9.78 Å². The molecule has 0 spiro atoms. The molecule has 8 heteroatoms. The van der Waals surface area contributed by atoms with Crippen LogP contribution in [-0.4, -0.2) is 58.6 Å². The van der Waals surface area contributed by atoms with E-state index in [4.69, 9.17) is 16.3 Å². The standard InChI is InChI=1S/C30H37ClN2O4S/c1-37-24-7-10-28-27(19-24)26(13-15-32-28)29(34)11-3-21-14-17-33(20-22(21)4-12-30(35)36)16-2-18-38-25-8-5-23(31)6-9-25/h5-10,13,15,19,21-22,29,34H,2-4,11-12,14,16-18,20H2,1H3,(H,35,36)/t21?,22?,29-/m0/s1. The highest BCUT2D eigenvalue weighted by Crippen LogP contribution is 2.35. The third kappa shape index (κ3) is 8.09. The highest BCUT2D eigenvalue weighted by molar-refractivity contribution is 7.99. The zero-order valence-electron chi connectivity index (χ0n) is 21.9. The van der Waals surface area contributed by atoms with Crippen LogP contribution >= 0.6 is 23.4 Å². The normalized spacial score (nSPS) is 18.9. The lowest BCUT2D eigenvalue weighted by molar-refractivity contribution is -0.137. The fourth-order valence-corrected chi connectivity index (χ4v) is 6.44. The number of carboxylic acid groups (broad SMARTS) is 1. The summed E-state index contributed by atoms with van der Waals surface area (Å²) in [6.07, 6.45) is 5.65. The summed E-state index contributed by atoms with van der Waals surface area (Å²) < 4.78 is 5.38. The van der Waals surface area contributed by atoms with Gasteiger partial charge in [0, 0.05) is 34.5 Å². The minimum Gasteiger partial charge on any atom is -0.497 e. The molecule has 3 atom stereocenters. The van der Waals surface area contributed by atoms with E-state index in [1.807, 2.05) is 48.2 Å². The van der Waals surface area contributed by atoms with Gasteiger partial charge in [-0.05, 0) is 117 Å². The zero-order valence-corrected chi connectivity index (χ0v) is 23.5. The van der Waals surface area contributed by atoms with E-state index in [-0.39, 0.29) is 6.42 Å². The molecule has 2 aromatic carbocycles. The second-order valence-electron chi connectivity index (χ2n) is 10.1. The summed E-state index contributed by atoms with van der Waals surface area (Å²) in [6.45, 7) is 2.96. The molecular weight excluding hydrogens is 520 g/mol. The maximum absolute atomic E-state index is 11.3. The van der Waals surface area contributed by atoms with Crippen LogP contribution in [0.15, 0.2) is 59.6 Å². The summed E-state index contributed by atoms with van der Waals surface area (Å²) in [6, 6.07) is 15.6. The highest BCUT2D eigenvalue weighted by Gasteiger charge is 2.30. The Hall–Kier alpha value is -2.32. The van der Waals surface area contributed by atoms with Crippen molar-refractivity contribution in [3.05, 3.63) is 65.3 Å². The van der Waals surface area contributed by atoms with Crippen molar-refractivity contribution >= 4 is 40.2 Å². The number of benzene rings is 2. The monoisotopic (exact) mass is 556 g/mol. The molecule has 0 bridgehead atoms. The van der Waals surface area contributed by atoms with Crippen molar-refractivity contribution in [3.63, 3.8) is 0 Å². The average Bonchev–Trinajstić information content (AvgIpc) is 2.93. The molecule has 2 heterocycles. The molecule has 38 heavy (non-hydrogen) atoms. The van der Waals surface area contributed by atoms with Gasteiger partial charge in [0.05, 0.1) is 18.7 Å². The molecule has 0 radical (unpaired) electrons. The summed E-state index contributed by atoms with van der Waals surface area (Å²) >= 11 is 7.82. The van der Waals surface area contributed by atoms with Crippen LogP contribution in [0.1, 0.15) is 50.2 Å². The Morgan fingerprint density at radius 1 is 1.18 bits per heavy atom. The van der Waals surface area contributed by atoms with Gasteiger partial charge in [0.15, 0.2) is 0 Å². The Morgan fingerprint density at radius 2 is 2.00 bits per heavy atom. The molecular formula is C30H37ClN2O4S. The number of ether oxygens (including phenoxy) is 1. The van der Waals surface area contributed by atoms with Crippen LogP contribution < -0.4 is 4.74 Å². The first kappa shape index (κ1) is 28.7. The molecule has 1 aliphatic heterocycles. The maximum atomic E-state index is 11.3. The molecule has 6 nitrogen and oxygen atoms in total. The Bertz CT molecular complexity index is 1190. The molecule has 0 amide bonds. The summed E-state index contributed by atoms with van der Waals surface area (Å²) in [4.78, 5) is 19.5. The van der Waals surface area contributed by atoms with Crippen LogP contribution in [0.25, 0.3) is 10.9 Å². The summed E-state index contributed by atoms with van der Waals surface area (Å²) in [5.74, 6) is 1.78. The largest absolute Gasteiger partial charge is 0.497 e. The Balaban J connectivity index is 1.31. The van der Waals surface area contributed by atoms with Crippen molar-refractivity contribution in [1.82, 2.24) is 9.88 Å². The molecule has 204 valence electrons. The number of carbonyl (C=O) groups is 1. The Kier molecular flexibility index (Phi) is 10.7. The van der Waals surface area contributed by atoms with Crippen LogP contribution in [0.2, 0.25) is 5.02 Å². The number of piperidine rings is 1. The number of hydrogen-bond acceptors (Lipinski definition) is 6. The van der Waals surface area contributed by atoms with Crippen LogP contribution in [-0.2, 0) is 4.79 Å². The number of pyridine rings is 1. The van der Waals surface area contributed by atoms with Crippen molar-refractivity contribution < 1.29 is 19.7 Å². The number of carboxylic acids is 1. The maximum Gasteiger partial charge on any atom is 0.303 e. The van der Waals surface area contributed by atoms with Crippen molar-refractivity contribution in [1.29, 1.82) is 0 Å². The topological polar surface area (TPSA) is 82.9 Å². The molecule has 1 aliphatic rings. The van der Waals surface area contributed by atoms with Gasteiger partial charge in [-0.2, -0.15) is 0 Å². The number of aliphatic carboxylic acids is 1. The van der Waals surface area contributed by atoms with Crippen molar-refractivity contribution in [2.24, 2.45) is 11.8 Å². The SMILES string of the molecule is COc1ccc2nccc([C@@H](O)CCC3CCN(CCCSc4ccc(Cl)cc4)CC3CCC(=O)O)c2c1. The summed E-state index contributed by atoms with van der Waals surface area (Å²) in [5, 5.41) is 22.1. The Morgan fingerprint density at radius 3 is 2.76 bits per heavy atom. The minimum absolute atomic E-state index is 0.193. The van der Waals surface area contributed by atoms with Crippen molar-refractivity contribution in [2.75, 3.05) is 32.5 Å². The van der Waals surface area contributed by atoms with Crippen molar-refractivity contribution in [2.45, 2.75) is 49.5 Å². The van der Waals surface area contributed by atoms with E-state index >= 15 is 0 Å². The molecule has 0 aliphatic carbocycles. The summed E-state index contributed by atoms with van der Waals surface area (Å²) in [5.41, 5.74) is 1.70. The van der Waals surface area contributed by atoms with Crippen LogP contribution in [0.3, 0.4) is 0 Å². The van der Waals surface area contributed by atoms with E-state index in [1.54, 1.807) is 13.3 Å². The number of rotatable bonds is 13. The fraction of sp³-hybridized carbons (Fsp3) is 0.467. The highest BCUT2D eigenvalue weighted by atomic mass is 35.5. The number of nitrogens with zero attached hydrogens (tertiary/aromatic N) is 2. The van der Waals surface area contributed by atoms with Gasteiger partial charge in [0.25, 0.3) is 0 Å². The molecule has 1 saturated heterocycles. The van der Waals surface area contributed by atoms with E-state index in [2.05, 4.69) is 22.0 Å².